The summed E-state index contributed by atoms with van der Waals surface area (Å²) in [5, 5.41) is 8.83. The van der Waals surface area contributed by atoms with Crippen LogP contribution in [0.1, 0.15) is 34.4 Å². The van der Waals surface area contributed by atoms with Crippen molar-refractivity contribution >= 4 is 23.4 Å². The van der Waals surface area contributed by atoms with E-state index in [9.17, 15) is 0 Å². The first-order valence-electron chi connectivity index (χ1n) is 10.7. The zero-order valence-electron chi connectivity index (χ0n) is 18.1. The molecule has 0 unspecified atom stereocenters. The van der Waals surface area contributed by atoms with Crippen LogP contribution in [-0.2, 0) is 0 Å². The Morgan fingerprint density at radius 3 is 2.55 bits per heavy atom. The van der Waals surface area contributed by atoms with E-state index in [4.69, 9.17) is 9.84 Å². The molecule has 2 aliphatic heterocycles. The Hall–Kier alpha value is -3.58. The third-order valence-corrected chi connectivity index (χ3v) is 6.66. The van der Waals surface area contributed by atoms with E-state index in [2.05, 4.69) is 41.5 Å². The van der Waals surface area contributed by atoms with Crippen LogP contribution < -0.4 is 10.1 Å². The molecule has 2 atom stereocenters. The van der Waals surface area contributed by atoms with Crippen molar-refractivity contribution in [2.45, 2.75) is 24.2 Å². The highest BCUT2D eigenvalue weighted by Gasteiger charge is 2.42. The summed E-state index contributed by atoms with van der Waals surface area (Å²) < 4.78 is 23.6. The molecule has 3 aromatic carbocycles. The van der Waals surface area contributed by atoms with Gasteiger partial charge < -0.3 is 10.1 Å². The van der Waals surface area contributed by atoms with Crippen molar-refractivity contribution in [3.63, 3.8) is 0 Å². The van der Waals surface area contributed by atoms with E-state index in [-0.39, 0.29) is 5.82 Å². The maximum atomic E-state index is 15.2. The van der Waals surface area contributed by atoms with E-state index in [1.807, 2.05) is 42.7 Å². The minimum atomic E-state index is -0.509. The molecule has 5 nitrogen and oxygen atoms in total. The molecule has 0 aliphatic carbocycles. The highest BCUT2D eigenvalue weighted by atomic mass is 32.2. The fraction of sp³-hybridized carbons (Fsp3) is 0.154. The Kier molecular flexibility index (Phi) is 4.73. The van der Waals surface area contributed by atoms with E-state index in [0.29, 0.717) is 16.7 Å². The normalized spacial score (nSPS) is 18.6. The van der Waals surface area contributed by atoms with Gasteiger partial charge in [0.2, 0.25) is 11.1 Å². The smallest absolute Gasteiger partial charge is 0.227 e. The Morgan fingerprint density at radius 1 is 1.00 bits per heavy atom. The first-order chi connectivity index (χ1) is 16.1. The molecular weight excluding hydrogens is 435 g/mol. The van der Waals surface area contributed by atoms with E-state index >= 15 is 4.39 Å². The third kappa shape index (κ3) is 3.23. The molecule has 1 N–H and O–H groups in total. The van der Waals surface area contributed by atoms with Gasteiger partial charge in [-0.1, -0.05) is 71.9 Å². The lowest BCUT2D eigenvalue weighted by atomic mass is 9.84. The first kappa shape index (κ1) is 20.1. The first-order valence-corrected chi connectivity index (χ1v) is 11.9. The largest absolute Gasteiger partial charge is 0.480 e. The van der Waals surface area contributed by atoms with Crippen molar-refractivity contribution in [1.29, 1.82) is 0 Å². The van der Waals surface area contributed by atoms with E-state index < -0.39 is 12.1 Å². The number of nitrogens with zero attached hydrogens (tertiary/aromatic N) is 3. The average molecular weight is 457 g/mol. The van der Waals surface area contributed by atoms with Gasteiger partial charge in [-0.05, 0) is 36.9 Å². The van der Waals surface area contributed by atoms with Crippen LogP contribution in [0.25, 0.3) is 5.70 Å². The number of fused-ring (bicyclic) bond motifs is 3. The SMILES string of the molecule is CSc1nc2n(n1)[C@H](c1ccccc1F)C1=C(N2)c2ccccc2O[C@H]1c1ccc(C)cc1. The number of nitrogens with one attached hydrogen (secondary N) is 1. The van der Waals surface area contributed by atoms with Gasteiger partial charge in [0.1, 0.15) is 23.7 Å². The number of anilines is 1. The van der Waals surface area contributed by atoms with E-state index in [0.717, 1.165) is 28.1 Å². The maximum Gasteiger partial charge on any atom is 0.227 e. The number of aromatic nitrogens is 3. The van der Waals surface area contributed by atoms with Gasteiger partial charge in [-0.15, -0.1) is 5.10 Å². The van der Waals surface area contributed by atoms with Crippen LogP contribution in [0.4, 0.5) is 10.3 Å². The Balaban J connectivity index is 1.65. The molecule has 0 spiro atoms. The van der Waals surface area contributed by atoms with Crippen molar-refractivity contribution in [3.8, 4) is 5.75 Å². The molecule has 4 aromatic rings. The van der Waals surface area contributed by atoms with Gasteiger partial charge in [-0.2, -0.15) is 4.98 Å². The number of hydrogen-bond donors (Lipinski definition) is 1. The standard InChI is InChI=1S/C26H21FN4OS/c1-15-11-13-16(14-12-15)24-21-22(18-8-4-6-10-20(18)32-24)28-25-29-26(33-2)30-31(25)23(21)17-7-3-5-9-19(17)27/h3-14,23-24H,1-2H3,(H,28,29,30)/t23-,24+/m1/s1. The fourth-order valence-corrected chi connectivity index (χ4v) is 4.90. The summed E-state index contributed by atoms with van der Waals surface area (Å²) in [6, 6.07) is 22.5. The average Bonchev–Trinajstić information content (AvgIpc) is 3.26. The predicted molar refractivity (Wildman–Crippen MR) is 128 cm³/mol. The van der Waals surface area contributed by atoms with Crippen molar-refractivity contribution in [2.24, 2.45) is 0 Å². The van der Waals surface area contributed by atoms with E-state index in [1.165, 1.54) is 23.4 Å². The molecule has 33 heavy (non-hydrogen) atoms. The number of thioether (sulfide) groups is 1. The summed E-state index contributed by atoms with van der Waals surface area (Å²) in [5.41, 5.74) is 5.43. The molecule has 3 heterocycles. The second-order valence-corrected chi connectivity index (χ2v) is 8.92. The number of benzene rings is 3. The highest BCUT2D eigenvalue weighted by Crippen LogP contribution is 2.51. The third-order valence-electron chi connectivity index (χ3n) is 6.12. The zero-order valence-corrected chi connectivity index (χ0v) is 18.9. The van der Waals surface area contributed by atoms with Crippen LogP contribution in [0.5, 0.6) is 5.75 Å². The molecule has 0 amide bonds. The molecule has 0 saturated carbocycles. The minimum Gasteiger partial charge on any atom is -0.480 e. The quantitative estimate of drug-likeness (QED) is 0.383. The summed E-state index contributed by atoms with van der Waals surface area (Å²) in [7, 11) is 0. The fourth-order valence-electron chi connectivity index (χ4n) is 4.56. The summed E-state index contributed by atoms with van der Waals surface area (Å²) in [6.45, 7) is 2.06. The predicted octanol–water partition coefficient (Wildman–Crippen LogP) is 6.01. The van der Waals surface area contributed by atoms with Crippen LogP contribution >= 0.6 is 11.8 Å². The summed E-state index contributed by atoms with van der Waals surface area (Å²) >= 11 is 1.45. The molecule has 1 aromatic heterocycles. The van der Waals surface area contributed by atoms with Gasteiger partial charge in [0.05, 0.1) is 5.70 Å². The Labute approximate surface area is 195 Å². The second-order valence-electron chi connectivity index (χ2n) is 8.15. The van der Waals surface area contributed by atoms with Gasteiger partial charge in [0, 0.05) is 16.7 Å². The van der Waals surface area contributed by atoms with E-state index in [1.54, 1.807) is 10.7 Å². The topological polar surface area (TPSA) is 52.0 Å². The van der Waals surface area contributed by atoms with Crippen LogP contribution in [0.3, 0.4) is 0 Å². The lowest BCUT2D eigenvalue weighted by molar-refractivity contribution is 0.222. The molecule has 0 saturated heterocycles. The summed E-state index contributed by atoms with van der Waals surface area (Å²) in [5.74, 6) is 1.08. The van der Waals surface area contributed by atoms with Crippen molar-refractivity contribution < 1.29 is 9.13 Å². The summed E-state index contributed by atoms with van der Waals surface area (Å²) in [4.78, 5) is 4.65. The van der Waals surface area contributed by atoms with Crippen molar-refractivity contribution in [2.75, 3.05) is 11.6 Å². The number of hydrogen-bond acceptors (Lipinski definition) is 5. The minimum absolute atomic E-state index is 0.287. The molecule has 0 bridgehead atoms. The monoisotopic (exact) mass is 456 g/mol. The lowest BCUT2D eigenvalue weighted by Crippen LogP contribution is -2.32. The second kappa shape index (κ2) is 7.78. The molecule has 7 heteroatoms. The molecule has 2 aliphatic rings. The number of rotatable bonds is 3. The number of para-hydroxylation sites is 1. The molecule has 0 fully saturated rings. The highest BCUT2D eigenvalue weighted by molar-refractivity contribution is 7.98. The lowest BCUT2D eigenvalue weighted by Gasteiger charge is -2.39. The van der Waals surface area contributed by atoms with Gasteiger partial charge in [-0.3, -0.25) is 0 Å². The van der Waals surface area contributed by atoms with Gasteiger partial charge >= 0.3 is 0 Å². The number of halogens is 1. The van der Waals surface area contributed by atoms with Gasteiger partial charge in [0.15, 0.2) is 0 Å². The molecular formula is C26H21FN4OS. The Bertz CT molecular complexity index is 1400. The van der Waals surface area contributed by atoms with Crippen molar-refractivity contribution in [3.05, 3.63) is 106 Å². The Morgan fingerprint density at radius 2 is 1.76 bits per heavy atom. The zero-order chi connectivity index (χ0) is 22.5. The van der Waals surface area contributed by atoms with Crippen LogP contribution in [0.15, 0.2) is 83.5 Å². The van der Waals surface area contributed by atoms with Gasteiger partial charge in [0.25, 0.3) is 0 Å². The molecule has 164 valence electrons. The van der Waals surface area contributed by atoms with Crippen molar-refractivity contribution in [1.82, 2.24) is 14.8 Å². The maximum absolute atomic E-state index is 15.2. The molecule has 6 rings (SSSR count). The summed E-state index contributed by atoms with van der Waals surface area (Å²) in [6.07, 6.45) is 1.52. The van der Waals surface area contributed by atoms with Crippen LogP contribution in [0, 0.1) is 12.7 Å². The van der Waals surface area contributed by atoms with Crippen LogP contribution in [-0.4, -0.2) is 21.0 Å². The molecule has 0 radical (unpaired) electrons. The number of ether oxygens (including phenoxy) is 1. The van der Waals surface area contributed by atoms with Crippen LogP contribution in [0.2, 0.25) is 0 Å². The van der Waals surface area contributed by atoms with Gasteiger partial charge in [-0.25, -0.2) is 9.07 Å². The number of aryl methyl sites for hydroxylation is 1.